The van der Waals surface area contributed by atoms with Gasteiger partial charge in [-0.3, -0.25) is 0 Å². The van der Waals surface area contributed by atoms with Gasteiger partial charge in [-0.15, -0.1) is 0 Å². The highest BCUT2D eigenvalue weighted by Gasteiger charge is 2.35. The summed E-state index contributed by atoms with van der Waals surface area (Å²) in [5.41, 5.74) is 8.85. The summed E-state index contributed by atoms with van der Waals surface area (Å²) in [5, 5.41) is 0. The lowest BCUT2D eigenvalue weighted by Gasteiger charge is -2.37. The van der Waals surface area contributed by atoms with Crippen LogP contribution in [0.15, 0.2) is 12.1 Å². The number of rotatable bonds is 1. The highest BCUT2D eigenvalue weighted by Crippen LogP contribution is 2.45. The lowest BCUT2D eigenvalue weighted by Crippen LogP contribution is -2.40. The number of aryl methyl sites for hydroxylation is 1. The van der Waals surface area contributed by atoms with E-state index in [1.54, 1.807) is 0 Å². The van der Waals surface area contributed by atoms with Crippen molar-refractivity contribution in [3.05, 3.63) is 23.3 Å². The van der Waals surface area contributed by atoms with Gasteiger partial charge >= 0.3 is 0 Å². The summed E-state index contributed by atoms with van der Waals surface area (Å²) in [6.07, 6.45) is 5.81. The van der Waals surface area contributed by atoms with Crippen molar-refractivity contribution in [2.45, 2.75) is 44.6 Å². The number of hydrogen-bond acceptors (Lipinski definition) is 3. The molecule has 1 aliphatic carbocycles. The molecule has 3 nitrogen and oxygen atoms in total. The molecule has 1 aliphatic heterocycles. The zero-order valence-electron chi connectivity index (χ0n) is 11.0. The molecule has 0 unspecified atom stereocenters. The van der Waals surface area contributed by atoms with Gasteiger partial charge < -0.3 is 15.2 Å². The van der Waals surface area contributed by atoms with Gasteiger partial charge in [-0.05, 0) is 31.4 Å². The summed E-state index contributed by atoms with van der Waals surface area (Å²) in [6, 6.07) is 4.10. The molecule has 3 heteroatoms. The summed E-state index contributed by atoms with van der Waals surface area (Å²) < 4.78 is 11.5. The first kappa shape index (κ1) is 11.8. The average Bonchev–Trinajstić information content (AvgIpc) is 2.39. The van der Waals surface area contributed by atoms with Crippen LogP contribution < -0.4 is 15.2 Å². The molecule has 2 N–H and O–H groups in total. The van der Waals surface area contributed by atoms with Gasteiger partial charge in [-0.2, -0.15) is 0 Å². The van der Waals surface area contributed by atoms with E-state index in [9.17, 15) is 0 Å². The fraction of sp³-hybridized carbons (Fsp3) is 0.600. The van der Waals surface area contributed by atoms with Crippen molar-refractivity contribution in [2.75, 3.05) is 13.2 Å². The SMILES string of the molecule is Cc1ccc2c(c1C1(N)CCCCC1)OCCO2. The van der Waals surface area contributed by atoms with Gasteiger partial charge in [0.05, 0.1) is 0 Å². The maximum Gasteiger partial charge on any atom is 0.166 e. The first-order valence-electron chi connectivity index (χ1n) is 6.89. The Labute approximate surface area is 108 Å². The van der Waals surface area contributed by atoms with Gasteiger partial charge in [-0.25, -0.2) is 0 Å². The van der Waals surface area contributed by atoms with Crippen LogP contribution in [0, 0.1) is 6.92 Å². The third-order valence-corrected chi connectivity index (χ3v) is 4.16. The van der Waals surface area contributed by atoms with Crippen LogP contribution in [-0.4, -0.2) is 13.2 Å². The van der Waals surface area contributed by atoms with E-state index in [-0.39, 0.29) is 5.54 Å². The predicted octanol–water partition coefficient (Wildman–Crippen LogP) is 2.88. The van der Waals surface area contributed by atoms with E-state index in [1.807, 2.05) is 6.07 Å². The second kappa shape index (κ2) is 4.47. The van der Waals surface area contributed by atoms with E-state index in [1.165, 1.54) is 30.4 Å². The molecule has 0 aromatic heterocycles. The van der Waals surface area contributed by atoms with Crippen molar-refractivity contribution in [2.24, 2.45) is 5.73 Å². The quantitative estimate of drug-likeness (QED) is 0.830. The van der Waals surface area contributed by atoms with Gasteiger partial charge in [0.2, 0.25) is 0 Å². The standard InChI is InChI=1S/C15H21NO2/c1-11-5-6-12-14(18-10-9-17-12)13(11)15(16)7-3-2-4-8-15/h5-6H,2-4,7-10,16H2,1H3. The zero-order valence-corrected chi connectivity index (χ0v) is 11.0. The molecule has 2 aliphatic rings. The minimum atomic E-state index is -0.228. The van der Waals surface area contributed by atoms with Crippen LogP contribution in [0.5, 0.6) is 11.5 Å². The third-order valence-electron chi connectivity index (χ3n) is 4.16. The molecule has 0 radical (unpaired) electrons. The van der Waals surface area contributed by atoms with Gasteiger partial charge in [0, 0.05) is 11.1 Å². The van der Waals surface area contributed by atoms with Crippen molar-refractivity contribution in [1.29, 1.82) is 0 Å². The van der Waals surface area contributed by atoms with Crippen LogP contribution in [-0.2, 0) is 5.54 Å². The largest absolute Gasteiger partial charge is 0.486 e. The molecule has 0 amide bonds. The second-order valence-electron chi connectivity index (χ2n) is 5.50. The summed E-state index contributed by atoms with van der Waals surface area (Å²) in [5.74, 6) is 1.75. The minimum Gasteiger partial charge on any atom is -0.486 e. The molecule has 1 aromatic carbocycles. The monoisotopic (exact) mass is 247 g/mol. The minimum absolute atomic E-state index is 0.228. The van der Waals surface area contributed by atoms with E-state index in [0.717, 1.165) is 24.3 Å². The Morgan fingerprint density at radius 1 is 1.06 bits per heavy atom. The van der Waals surface area contributed by atoms with Crippen molar-refractivity contribution >= 4 is 0 Å². The molecule has 3 rings (SSSR count). The number of fused-ring (bicyclic) bond motifs is 1. The van der Waals surface area contributed by atoms with E-state index in [0.29, 0.717) is 13.2 Å². The topological polar surface area (TPSA) is 44.5 Å². The summed E-state index contributed by atoms with van der Waals surface area (Å²) in [4.78, 5) is 0. The summed E-state index contributed by atoms with van der Waals surface area (Å²) in [6.45, 7) is 3.38. The van der Waals surface area contributed by atoms with E-state index in [4.69, 9.17) is 15.2 Å². The Morgan fingerprint density at radius 2 is 1.78 bits per heavy atom. The molecule has 18 heavy (non-hydrogen) atoms. The van der Waals surface area contributed by atoms with Crippen LogP contribution in [0.3, 0.4) is 0 Å². The van der Waals surface area contributed by atoms with Gasteiger partial charge in [-0.1, -0.05) is 25.3 Å². The highest BCUT2D eigenvalue weighted by atomic mass is 16.6. The lowest BCUT2D eigenvalue weighted by atomic mass is 9.75. The molecule has 0 atom stereocenters. The predicted molar refractivity (Wildman–Crippen MR) is 71.1 cm³/mol. The van der Waals surface area contributed by atoms with Gasteiger partial charge in [0.1, 0.15) is 13.2 Å². The molecule has 1 aromatic rings. The molecule has 0 spiro atoms. The molecule has 0 bridgehead atoms. The number of hydrogen-bond donors (Lipinski definition) is 1. The Balaban J connectivity index is 2.09. The molecule has 1 fully saturated rings. The summed E-state index contributed by atoms with van der Waals surface area (Å²) >= 11 is 0. The fourth-order valence-electron chi connectivity index (χ4n) is 3.27. The van der Waals surface area contributed by atoms with Crippen molar-refractivity contribution in [1.82, 2.24) is 0 Å². The van der Waals surface area contributed by atoms with E-state index >= 15 is 0 Å². The van der Waals surface area contributed by atoms with Crippen LogP contribution in [0.2, 0.25) is 0 Å². The van der Waals surface area contributed by atoms with E-state index < -0.39 is 0 Å². The van der Waals surface area contributed by atoms with Crippen LogP contribution >= 0.6 is 0 Å². The third kappa shape index (κ3) is 1.87. The number of nitrogens with two attached hydrogens (primary N) is 1. The lowest BCUT2D eigenvalue weighted by molar-refractivity contribution is 0.163. The Hall–Kier alpha value is -1.22. The normalized spacial score (nSPS) is 21.7. The molecule has 1 heterocycles. The molecule has 0 saturated heterocycles. The maximum absolute atomic E-state index is 6.67. The molecule has 1 saturated carbocycles. The molecule has 98 valence electrons. The highest BCUT2D eigenvalue weighted by molar-refractivity contribution is 5.54. The Bertz CT molecular complexity index is 450. The van der Waals surface area contributed by atoms with Crippen LogP contribution in [0.4, 0.5) is 0 Å². The van der Waals surface area contributed by atoms with Crippen LogP contribution in [0.25, 0.3) is 0 Å². The van der Waals surface area contributed by atoms with Crippen molar-refractivity contribution in [3.63, 3.8) is 0 Å². The maximum atomic E-state index is 6.67. The summed E-state index contributed by atoms with van der Waals surface area (Å²) in [7, 11) is 0. The molecular formula is C15H21NO2. The first-order valence-corrected chi connectivity index (χ1v) is 6.89. The second-order valence-corrected chi connectivity index (χ2v) is 5.50. The Morgan fingerprint density at radius 3 is 2.56 bits per heavy atom. The van der Waals surface area contributed by atoms with Crippen molar-refractivity contribution < 1.29 is 9.47 Å². The van der Waals surface area contributed by atoms with Crippen LogP contribution in [0.1, 0.15) is 43.2 Å². The smallest absolute Gasteiger partial charge is 0.166 e. The number of ether oxygens (including phenoxy) is 2. The van der Waals surface area contributed by atoms with E-state index in [2.05, 4.69) is 13.0 Å². The zero-order chi connectivity index (χ0) is 12.6. The number of benzene rings is 1. The first-order chi connectivity index (χ1) is 8.71. The van der Waals surface area contributed by atoms with Crippen molar-refractivity contribution in [3.8, 4) is 11.5 Å². The molecular weight excluding hydrogens is 226 g/mol. The van der Waals surface area contributed by atoms with Gasteiger partial charge in [0.25, 0.3) is 0 Å². The Kier molecular flexibility index (Phi) is 2.94. The fourth-order valence-corrected chi connectivity index (χ4v) is 3.27. The van der Waals surface area contributed by atoms with Gasteiger partial charge in [0.15, 0.2) is 11.5 Å². The average molecular weight is 247 g/mol.